The van der Waals surface area contributed by atoms with Crippen LogP contribution in [-0.4, -0.2) is 42.8 Å². The lowest BCUT2D eigenvalue weighted by Crippen LogP contribution is -2.50. The van der Waals surface area contributed by atoms with Crippen LogP contribution in [0.15, 0.2) is 0 Å². The van der Waals surface area contributed by atoms with Gasteiger partial charge in [-0.3, -0.25) is 0 Å². The Morgan fingerprint density at radius 1 is 1.44 bits per heavy atom. The molecule has 0 aromatic carbocycles. The second-order valence-electron chi connectivity index (χ2n) is 5.63. The number of hydrogen-bond acceptors (Lipinski definition) is 3. The molecule has 16 heavy (non-hydrogen) atoms. The summed E-state index contributed by atoms with van der Waals surface area (Å²) in [6.45, 7) is 9.79. The average molecular weight is 228 g/mol. The molecule has 0 spiro atoms. The summed E-state index contributed by atoms with van der Waals surface area (Å²) in [5, 5.41) is 3.33. The van der Waals surface area contributed by atoms with Crippen LogP contribution in [0.2, 0.25) is 0 Å². The van der Waals surface area contributed by atoms with Gasteiger partial charge in [-0.25, -0.2) is 4.79 Å². The average Bonchev–Trinajstić information content (AvgIpc) is 2.15. The molecule has 4 heteroatoms. The molecule has 4 nitrogen and oxygen atoms in total. The van der Waals surface area contributed by atoms with Crippen molar-refractivity contribution in [1.29, 1.82) is 0 Å². The van der Waals surface area contributed by atoms with Crippen molar-refractivity contribution in [2.45, 2.75) is 45.8 Å². The van der Waals surface area contributed by atoms with Crippen molar-refractivity contribution >= 4 is 6.09 Å². The fourth-order valence-electron chi connectivity index (χ4n) is 2.04. The molecule has 1 heterocycles. The van der Waals surface area contributed by atoms with E-state index in [-0.39, 0.29) is 12.1 Å². The predicted octanol–water partition coefficient (Wildman–Crippen LogP) is 1.85. The fraction of sp³-hybridized carbons (Fsp3) is 0.917. The van der Waals surface area contributed by atoms with Crippen molar-refractivity contribution < 1.29 is 9.53 Å². The number of rotatable bonds is 1. The molecule has 94 valence electrons. The van der Waals surface area contributed by atoms with Crippen LogP contribution in [0.1, 0.15) is 34.1 Å². The van der Waals surface area contributed by atoms with E-state index in [1.54, 1.807) is 4.90 Å². The van der Waals surface area contributed by atoms with E-state index in [1.165, 1.54) is 0 Å². The summed E-state index contributed by atoms with van der Waals surface area (Å²) in [7, 11) is 1.83. The lowest BCUT2D eigenvalue weighted by atomic mass is 9.94. The Morgan fingerprint density at radius 2 is 2.06 bits per heavy atom. The minimum Gasteiger partial charge on any atom is -0.444 e. The molecule has 0 aromatic heterocycles. The van der Waals surface area contributed by atoms with Gasteiger partial charge in [-0.05, 0) is 46.2 Å². The zero-order chi connectivity index (χ0) is 12.3. The molecule has 1 saturated heterocycles. The Bertz CT molecular complexity index is 248. The summed E-state index contributed by atoms with van der Waals surface area (Å²) < 4.78 is 5.37. The normalized spacial score (nSPS) is 26.3. The molecule has 0 aliphatic carbocycles. The number of piperidine rings is 1. The van der Waals surface area contributed by atoms with Gasteiger partial charge >= 0.3 is 6.09 Å². The lowest BCUT2D eigenvalue weighted by molar-refractivity contribution is 0.0141. The molecule has 2 atom stereocenters. The highest BCUT2D eigenvalue weighted by Gasteiger charge is 2.30. The van der Waals surface area contributed by atoms with E-state index in [1.807, 2.05) is 27.8 Å². The summed E-state index contributed by atoms with van der Waals surface area (Å²) in [6.07, 6.45) is 0.780. The number of amides is 1. The summed E-state index contributed by atoms with van der Waals surface area (Å²) in [6, 6.07) is 0.288. The highest BCUT2D eigenvalue weighted by molar-refractivity contribution is 5.68. The second-order valence-corrected chi connectivity index (χ2v) is 5.63. The van der Waals surface area contributed by atoms with Gasteiger partial charge < -0.3 is 15.0 Å². The molecule has 1 unspecified atom stereocenters. The SMILES string of the molecule is CC1CNCC[C@@H]1N(C)C(=O)OC(C)(C)C. The highest BCUT2D eigenvalue weighted by Crippen LogP contribution is 2.19. The first-order chi connectivity index (χ1) is 7.31. The minimum absolute atomic E-state index is 0.216. The fourth-order valence-corrected chi connectivity index (χ4v) is 2.04. The third kappa shape index (κ3) is 3.67. The van der Waals surface area contributed by atoms with Crippen molar-refractivity contribution in [2.75, 3.05) is 20.1 Å². The van der Waals surface area contributed by atoms with E-state index in [4.69, 9.17) is 4.74 Å². The van der Waals surface area contributed by atoms with Gasteiger partial charge in [0.25, 0.3) is 0 Å². The Morgan fingerprint density at radius 3 is 2.56 bits per heavy atom. The lowest BCUT2D eigenvalue weighted by Gasteiger charge is -2.37. The first kappa shape index (κ1) is 13.3. The molecule has 1 N–H and O–H groups in total. The first-order valence-corrected chi connectivity index (χ1v) is 5.98. The van der Waals surface area contributed by atoms with Crippen LogP contribution in [0.5, 0.6) is 0 Å². The molecule has 1 rings (SSSR count). The van der Waals surface area contributed by atoms with Crippen molar-refractivity contribution in [3.63, 3.8) is 0 Å². The molecule has 0 radical (unpaired) electrons. The standard InChI is InChI=1S/C12H24N2O2/c1-9-8-13-7-6-10(9)14(5)11(15)16-12(2,3)4/h9-10,13H,6-8H2,1-5H3/t9?,10-/m0/s1. The molecular formula is C12H24N2O2. The number of carbonyl (C=O) groups excluding carboxylic acids is 1. The first-order valence-electron chi connectivity index (χ1n) is 5.98. The number of ether oxygens (including phenoxy) is 1. The summed E-state index contributed by atoms with van der Waals surface area (Å²) in [5.41, 5.74) is -0.415. The molecule has 0 bridgehead atoms. The molecule has 1 fully saturated rings. The largest absolute Gasteiger partial charge is 0.444 e. The van der Waals surface area contributed by atoms with Gasteiger partial charge in [-0.15, -0.1) is 0 Å². The Balaban J connectivity index is 2.55. The molecule has 0 saturated carbocycles. The van der Waals surface area contributed by atoms with Gasteiger partial charge in [-0.2, -0.15) is 0 Å². The van der Waals surface area contributed by atoms with E-state index in [0.717, 1.165) is 19.5 Å². The third-order valence-corrected chi connectivity index (χ3v) is 2.92. The van der Waals surface area contributed by atoms with Crippen LogP contribution in [0.3, 0.4) is 0 Å². The number of carbonyl (C=O) groups is 1. The monoisotopic (exact) mass is 228 g/mol. The maximum absolute atomic E-state index is 11.9. The van der Waals surface area contributed by atoms with Gasteiger partial charge in [0.15, 0.2) is 0 Å². The Labute approximate surface area is 98.3 Å². The van der Waals surface area contributed by atoms with E-state index in [2.05, 4.69) is 12.2 Å². The van der Waals surface area contributed by atoms with Crippen molar-refractivity contribution in [3.05, 3.63) is 0 Å². The van der Waals surface area contributed by atoms with Crippen LogP contribution < -0.4 is 5.32 Å². The van der Waals surface area contributed by atoms with E-state index in [9.17, 15) is 4.79 Å². The van der Waals surface area contributed by atoms with Crippen LogP contribution in [0, 0.1) is 5.92 Å². The maximum Gasteiger partial charge on any atom is 0.410 e. The highest BCUT2D eigenvalue weighted by atomic mass is 16.6. The van der Waals surface area contributed by atoms with Gasteiger partial charge in [0.1, 0.15) is 5.60 Å². The maximum atomic E-state index is 11.9. The van der Waals surface area contributed by atoms with Crippen molar-refractivity contribution in [2.24, 2.45) is 5.92 Å². The molecule has 1 aliphatic heterocycles. The van der Waals surface area contributed by atoms with Crippen LogP contribution in [-0.2, 0) is 4.74 Å². The summed E-state index contributed by atoms with van der Waals surface area (Å²) in [5.74, 6) is 0.478. The topological polar surface area (TPSA) is 41.6 Å². The van der Waals surface area contributed by atoms with Gasteiger partial charge in [-0.1, -0.05) is 6.92 Å². The van der Waals surface area contributed by atoms with E-state index in [0.29, 0.717) is 5.92 Å². The Kier molecular flexibility index (Phi) is 4.19. The minimum atomic E-state index is -0.415. The quantitative estimate of drug-likeness (QED) is 0.744. The van der Waals surface area contributed by atoms with Crippen LogP contribution in [0.25, 0.3) is 0 Å². The van der Waals surface area contributed by atoms with E-state index >= 15 is 0 Å². The molecule has 1 aliphatic rings. The molecular weight excluding hydrogens is 204 g/mol. The summed E-state index contributed by atoms with van der Waals surface area (Å²) in [4.78, 5) is 13.6. The second kappa shape index (κ2) is 5.04. The number of hydrogen-bond donors (Lipinski definition) is 1. The van der Waals surface area contributed by atoms with Crippen molar-refractivity contribution in [3.8, 4) is 0 Å². The summed E-state index contributed by atoms with van der Waals surface area (Å²) >= 11 is 0. The van der Waals surface area contributed by atoms with E-state index < -0.39 is 5.60 Å². The predicted molar refractivity (Wildman–Crippen MR) is 64.4 cm³/mol. The zero-order valence-corrected chi connectivity index (χ0v) is 11.0. The van der Waals surface area contributed by atoms with Gasteiger partial charge in [0, 0.05) is 13.1 Å². The smallest absolute Gasteiger partial charge is 0.410 e. The Hall–Kier alpha value is -0.770. The van der Waals surface area contributed by atoms with Crippen molar-refractivity contribution in [1.82, 2.24) is 10.2 Å². The zero-order valence-electron chi connectivity index (χ0n) is 11.0. The third-order valence-electron chi connectivity index (χ3n) is 2.92. The molecule has 0 aromatic rings. The van der Waals surface area contributed by atoms with Crippen LogP contribution in [0.4, 0.5) is 4.79 Å². The van der Waals surface area contributed by atoms with Crippen LogP contribution >= 0.6 is 0 Å². The number of nitrogens with one attached hydrogen (secondary N) is 1. The number of nitrogens with zero attached hydrogens (tertiary/aromatic N) is 1. The molecule has 1 amide bonds. The van der Waals surface area contributed by atoms with Gasteiger partial charge in [0.2, 0.25) is 0 Å². The van der Waals surface area contributed by atoms with Gasteiger partial charge in [0.05, 0.1) is 0 Å².